The maximum absolute atomic E-state index is 11.6. The van der Waals surface area contributed by atoms with Crippen molar-refractivity contribution in [3.05, 3.63) is 30.3 Å². The van der Waals surface area contributed by atoms with E-state index in [4.69, 9.17) is 9.47 Å². The molecule has 17 heavy (non-hydrogen) atoms. The van der Waals surface area contributed by atoms with Gasteiger partial charge < -0.3 is 14.4 Å². The van der Waals surface area contributed by atoms with E-state index in [-0.39, 0.29) is 12.9 Å². The third-order valence-electron chi connectivity index (χ3n) is 2.77. The number of carbonyl (C=O) groups excluding carboxylic acids is 1. The molecule has 2 rings (SSSR count). The second-order valence-electron chi connectivity index (χ2n) is 4.03. The highest BCUT2D eigenvalue weighted by Gasteiger charge is 2.17. The van der Waals surface area contributed by atoms with Gasteiger partial charge in [0.15, 0.2) is 0 Å². The second-order valence-corrected chi connectivity index (χ2v) is 4.03. The molecule has 1 fully saturated rings. The first-order valence-corrected chi connectivity index (χ1v) is 5.96. The molecule has 92 valence electrons. The average Bonchev–Trinajstić information content (AvgIpc) is 2.41. The fourth-order valence-corrected chi connectivity index (χ4v) is 1.83. The van der Waals surface area contributed by atoms with E-state index in [0.717, 1.165) is 25.9 Å². The number of nitrogens with zero attached hydrogens (tertiary/aromatic N) is 1. The maximum atomic E-state index is 11.6. The first-order chi connectivity index (χ1) is 8.36. The fourth-order valence-electron chi connectivity index (χ4n) is 1.83. The van der Waals surface area contributed by atoms with Crippen LogP contribution in [0.1, 0.15) is 19.3 Å². The number of para-hydroxylation sites is 1. The van der Waals surface area contributed by atoms with Gasteiger partial charge in [-0.1, -0.05) is 18.2 Å². The summed E-state index contributed by atoms with van der Waals surface area (Å²) in [6.07, 6.45) is 3.05. The molecule has 1 aromatic carbocycles. The van der Waals surface area contributed by atoms with Crippen molar-refractivity contribution < 1.29 is 14.3 Å². The Morgan fingerprint density at radius 3 is 2.53 bits per heavy atom. The normalized spacial score (nSPS) is 15.4. The molecule has 0 spiro atoms. The summed E-state index contributed by atoms with van der Waals surface area (Å²) in [7, 11) is 0. The largest absolute Gasteiger partial charge is 0.457 e. The van der Waals surface area contributed by atoms with Gasteiger partial charge in [-0.2, -0.15) is 0 Å². The van der Waals surface area contributed by atoms with Gasteiger partial charge in [0.2, 0.25) is 6.79 Å². The Morgan fingerprint density at radius 2 is 1.82 bits per heavy atom. The van der Waals surface area contributed by atoms with Crippen LogP contribution in [0.3, 0.4) is 0 Å². The molecule has 1 aromatic rings. The predicted molar refractivity (Wildman–Crippen MR) is 63.8 cm³/mol. The third kappa shape index (κ3) is 3.66. The number of benzene rings is 1. The lowest BCUT2D eigenvalue weighted by Crippen LogP contribution is -2.36. The van der Waals surface area contributed by atoms with E-state index in [2.05, 4.69) is 0 Å². The van der Waals surface area contributed by atoms with Crippen LogP contribution in [0.2, 0.25) is 0 Å². The van der Waals surface area contributed by atoms with Crippen LogP contribution in [0.4, 0.5) is 4.79 Å². The number of piperidine rings is 1. The maximum Gasteiger partial charge on any atom is 0.412 e. The number of likely N-dealkylation sites (tertiary alicyclic amines) is 1. The van der Waals surface area contributed by atoms with Crippen molar-refractivity contribution >= 4 is 6.09 Å². The highest BCUT2D eigenvalue weighted by molar-refractivity contribution is 5.67. The van der Waals surface area contributed by atoms with Gasteiger partial charge in [-0.05, 0) is 31.4 Å². The zero-order valence-electron chi connectivity index (χ0n) is 9.80. The van der Waals surface area contributed by atoms with Crippen LogP contribution < -0.4 is 4.74 Å². The van der Waals surface area contributed by atoms with Crippen molar-refractivity contribution in [3.8, 4) is 5.75 Å². The summed E-state index contributed by atoms with van der Waals surface area (Å²) in [5.41, 5.74) is 0. The Labute approximate surface area is 101 Å². The van der Waals surface area contributed by atoms with Crippen LogP contribution in [-0.4, -0.2) is 30.9 Å². The Balaban J connectivity index is 1.69. The zero-order valence-corrected chi connectivity index (χ0v) is 9.80. The van der Waals surface area contributed by atoms with Gasteiger partial charge in [0.05, 0.1) is 0 Å². The van der Waals surface area contributed by atoms with Crippen molar-refractivity contribution in [1.82, 2.24) is 4.90 Å². The van der Waals surface area contributed by atoms with E-state index in [1.165, 1.54) is 6.42 Å². The molecule has 4 heteroatoms. The van der Waals surface area contributed by atoms with E-state index in [9.17, 15) is 4.79 Å². The lowest BCUT2D eigenvalue weighted by atomic mass is 10.1. The molecule has 1 heterocycles. The highest BCUT2D eigenvalue weighted by Crippen LogP contribution is 2.11. The summed E-state index contributed by atoms with van der Waals surface area (Å²) in [5, 5.41) is 0. The van der Waals surface area contributed by atoms with Gasteiger partial charge in [0.1, 0.15) is 5.75 Å². The Morgan fingerprint density at radius 1 is 1.12 bits per heavy atom. The molecule has 1 saturated heterocycles. The molecule has 4 nitrogen and oxygen atoms in total. The van der Waals surface area contributed by atoms with Gasteiger partial charge in [-0.3, -0.25) is 0 Å². The van der Waals surface area contributed by atoms with E-state index in [0.29, 0.717) is 5.75 Å². The Hall–Kier alpha value is -1.71. The van der Waals surface area contributed by atoms with Crippen LogP contribution in [-0.2, 0) is 4.74 Å². The van der Waals surface area contributed by atoms with Gasteiger partial charge in [0, 0.05) is 13.1 Å². The fraction of sp³-hybridized carbons (Fsp3) is 0.462. The molecule has 1 aliphatic rings. The number of carbonyl (C=O) groups is 1. The zero-order chi connectivity index (χ0) is 11.9. The Bertz CT molecular complexity index is 347. The van der Waals surface area contributed by atoms with Crippen molar-refractivity contribution in [2.24, 2.45) is 0 Å². The molecule has 0 aromatic heterocycles. The molecule has 0 radical (unpaired) electrons. The van der Waals surface area contributed by atoms with Crippen LogP contribution in [0.25, 0.3) is 0 Å². The van der Waals surface area contributed by atoms with Gasteiger partial charge in [-0.15, -0.1) is 0 Å². The number of amides is 1. The van der Waals surface area contributed by atoms with Gasteiger partial charge in [0.25, 0.3) is 0 Å². The van der Waals surface area contributed by atoms with Crippen LogP contribution >= 0.6 is 0 Å². The summed E-state index contributed by atoms with van der Waals surface area (Å²) in [6, 6.07) is 9.32. The van der Waals surface area contributed by atoms with Gasteiger partial charge in [-0.25, -0.2) is 4.79 Å². The molecule has 0 aliphatic carbocycles. The van der Waals surface area contributed by atoms with Crippen molar-refractivity contribution in [1.29, 1.82) is 0 Å². The van der Waals surface area contributed by atoms with Crippen LogP contribution in [0.5, 0.6) is 5.75 Å². The predicted octanol–water partition coefficient (Wildman–Crippen LogP) is 2.65. The summed E-state index contributed by atoms with van der Waals surface area (Å²) < 4.78 is 10.3. The SMILES string of the molecule is O=C(OCOc1ccccc1)N1CCCCC1. The quantitative estimate of drug-likeness (QED) is 0.756. The smallest absolute Gasteiger partial charge is 0.412 e. The molecule has 0 unspecified atom stereocenters. The Kier molecular flexibility index (Phi) is 4.24. The van der Waals surface area contributed by atoms with E-state index >= 15 is 0 Å². The number of ether oxygens (including phenoxy) is 2. The molecule has 0 atom stereocenters. The number of rotatable bonds is 3. The third-order valence-corrected chi connectivity index (χ3v) is 2.77. The summed E-state index contributed by atoms with van der Waals surface area (Å²) >= 11 is 0. The summed E-state index contributed by atoms with van der Waals surface area (Å²) in [4.78, 5) is 13.3. The second kappa shape index (κ2) is 6.13. The molecule has 0 bridgehead atoms. The first kappa shape index (κ1) is 11.8. The average molecular weight is 235 g/mol. The minimum Gasteiger partial charge on any atom is -0.457 e. The van der Waals surface area contributed by atoms with Crippen molar-refractivity contribution in [2.75, 3.05) is 19.9 Å². The minimum absolute atomic E-state index is 0.0284. The minimum atomic E-state index is -0.277. The first-order valence-electron chi connectivity index (χ1n) is 5.96. The molecule has 0 saturated carbocycles. The summed E-state index contributed by atoms with van der Waals surface area (Å²) in [6.45, 7) is 1.56. The van der Waals surface area contributed by atoms with Crippen LogP contribution in [0.15, 0.2) is 30.3 Å². The van der Waals surface area contributed by atoms with Crippen molar-refractivity contribution in [2.45, 2.75) is 19.3 Å². The highest BCUT2D eigenvalue weighted by atomic mass is 16.7. The lowest BCUT2D eigenvalue weighted by Gasteiger charge is -2.25. The van der Waals surface area contributed by atoms with E-state index in [1.54, 1.807) is 4.90 Å². The molecule has 0 N–H and O–H groups in total. The molecule has 1 aliphatic heterocycles. The van der Waals surface area contributed by atoms with E-state index < -0.39 is 0 Å². The number of hydrogen-bond acceptors (Lipinski definition) is 3. The standard InChI is InChI=1S/C13H17NO3/c15-13(14-9-5-2-6-10-14)17-11-16-12-7-3-1-4-8-12/h1,3-4,7-8H,2,5-6,9-11H2. The van der Waals surface area contributed by atoms with E-state index in [1.807, 2.05) is 30.3 Å². The van der Waals surface area contributed by atoms with Crippen molar-refractivity contribution in [3.63, 3.8) is 0 Å². The molecule has 1 amide bonds. The number of hydrogen-bond donors (Lipinski definition) is 0. The summed E-state index contributed by atoms with van der Waals surface area (Å²) in [5.74, 6) is 0.707. The molecular weight excluding hydrogens is 218 g/mol. The van der Waals surface area contributed by atoms with Crippen LogP contribution in [0, 0.1) is 0 Å². The van der Waals surface area contributed by atoms with Gasteiger partial charge >= 0.3 is 6.09 Å². The lowest BCUT2D eigenvalue weighted by molar-refractivity contribution is 0.0316. The molecular formula is C13H17NO3. The topological polar surface area (TPSA) is 38.8 Å². The monoisotopic (exact) mass is 235 g/mol.